The zero-order chi connectivity index (χ0) is 11.0. The fourth-order valence-corrected chi connectivity index (χ4v) is 3.46. The van der Waals surface area contributed by atoms with Crippen molar-refractivity contribution in [3.63, 3.8) is 0 Å². The Labute approximate surface area is 97.0 Å². The maximum atomic E-state index is 5.56. The Balaban J connectivity index is 2.08. The van der Waals surface area contributed by atoms with Crippen molar-refractivity contribution in [1.29, 1.82) is 0 Å². The predicted molar refractivity (Wildman–Crippen MR) is 65.1 cm³/mol. The third-order valence-electron chi connectivity index (χ3n) is 4.30. The molecule has 0 radical (unpaired) electrons. The number of methoxy groups -OCH3 is 1. The molecule has 2 aliphatic rings. The molecule has 1 aromatic rings. The maximum absolute atomic E-state index is 5.56. The first kappa shape index (κ1) is 10.2. The van der Waals surface area contributed by atoms with Crippen LogP contribution in [0, 0.1) is 0 Å². The van der Waals surface area contributed by atoms with Crippen molar-refractivity contribution in [2.75, 3.05) is 20.2 Å². The first-order valence-corrected chi connectivity index (χ1v) is 6.23. The van der Waals surface area contributed by atoms with E-state index < -0.39 is 0 Å². The lowest BCUT2D eigenvalue weighted by Crippen LogP contribution is -2.38. The highest BCUT2D eigenvalue weighted by Crippen LogP contribution is 2.48. The molecule has 1 fully saturated rings. The van der Waals surface area contributed by atoms with Crippen molar-refractivity contribution < 1.29 is 4.74 Å². The van der Waals surface area contributed by atoms with E-state index in [1.54, 1.807) is 7.11 Å². The summed E-state index contributed by atoms with van der Waals surface area (Å²) in [4.78, 5) is 0. The fraction of sp³-hybridized carbons (Fsp3) is 0.571. The Morgan fingerprint density at radius 2 is 2.00 bits per heavy atom. The summed E-state index contributed by atoms with van der Waals surface area (Å²) >= 11 is 0. The summed E-state index contributed by atoms with van der Waals surface area (Å²) in [5.74, 6) is 1.11. The van der Waals surface area contributed by atoms with Crippen LogP contribution in [0.25, 0.3) is 0 Å². The lowest BCUT2D eigenvalue weighted by atomic mass is 9.74. The molecule has 1 N–H and O–H groups in total. The third-order valence-corrected chi connectivity index (χ3v) is 4.30. The number of aryl methyl sites for hydroxylation is 1. The quantitative estimate of drug-likeness (QED) is 0.779. The van der Waals surface area contributed by atoms with Crippen molar-refractivity contribution in [2.24, 2.45) is 0 Å². The number of fused-ring (bicyclic) bond motifs is 2. The van der Waals surface area contributed by atoms with Gasteiger partial charge in [0, 0.05) is 11.0 Å². The van der Waals surface area contributed by atoms with E-state index in [-0.39, 0.29) is 0 Å². The molecule has 1 aliphatic heterocycles. The Morgan fingerprint density at radius 3 is 2.75 bits per heavy atom. The minimum absolute atomic E-state index is 0.410. The highest BCUT2D eigenvalue weighted by molar-refractivity contribution is 5.49. The van der Waals surface area contributed by atoms with Crippen LogP contribution in [0.4, 0.5) is 0 Å². The average Bonchev–Trinajstić information content (AvgIpc) is 2.70. The number of hydrogen-bond acceptors (Lipinski definition) is 2. The second-order valence-electron chi connectivity index (χ2n) is 5.02. The molecule has 16 heavy (non-hydrogen) atoms. The van der Waals surface area contributed by atoms with Crippen LogP contribution in [-0.4, -0.2) is 20.2 Å². The lowest BCUT2D eigenvalue weighted by Gasteiger charge is -2.35. The lowest BCUT2D eigenvalue weighted by molar-refractivity contribution is 0.294. The minimum atomic E-state index is 0.410. The van der Waals surface area contributed by atoms with Gasteiger partial charge in [-0.1, -0.05) is 12.1 Å². The predicted octanol–water partition coefficient (Wildman–Crippen LogP) is 2.26. The van der Waals surface area contributed by atoms with E-state index in [0.717, 1.165) is 18.8 Å². The molecule has 0 saturated carbocycles. The third kappa shape index (κ3) is 1.36. The number of nitrogens with one attached hydrogen (secondary N) is 1. The molecule has 1 aliphatic carbocycles. The van der Waals surface area contributed by atoms with Crippen molar-refractivity contribution in [3.8, 4) is 5.75 Å². The van der Waals surface area contributed by atoms with Crippen LogP contribution in [0.5, 0.6) is 5.75 Å². The normalized spacial score (nSPS) is 22.1. The maximum Gasteiger partial charge on any atom is 0.122 e. The summed E-state index contributed by atoms with van der Waals surface area (Å²) in [6.45, 7) is 2.30. The molecule has 1 spiro atoms. The zero-order valence-electron chi connectivity index (χ0n) is 9.88. The molecule has 1 saturated heterocycles. The van der Waals surface area contributed by atoms with Crippen molar-refractivity contribution in [2.45, 2.75) is 31.1 Å². The molecule has 0 amide bonds. The second-order valence-corrected chi connectivity index (χ2v) is 5.02. The first-order chi connectivity index (χ1) is 7.86. The monoisotopic (exact) mass is 217 g/mol. The number of rotatable bonds is 1. The van der Waals surface area contributed by atoms with E-state index >= 15 is 0 Å². The largest absolute Gasteiger partial charge is 0.496 e. The van der Waals surface area contributed by atoms with Crippen LogP contribution >= 0.6 is 0 Å². The Kier molecular flexibility index (Phi) is 2.40. The smallest absolute Gasteiger partial charge is 0.122 e. The van der Waals surface area contributed by atoms with Gasteiger partial charge in [-0.05, 0) is 50.4 Å². The van der Waals surface area contributed by atoms with Gasteiger partial charge in [-0.2, -0.15) is 0 Å². The van der Waals surface area contributed by atoms with Crippen molar-refractivity contribution in [1.82, 2.24) is 5.32 Å². The summed E-state index contributed by atoms with van der Waals surface area (Å²) in [5, 5.41) is 3.46. The van der Waals surface area contributed by atoms with E-state index in [2.05, 4.69) is 23.5 Å². The van der Waals surface area contributed by atoms with E-state index in [4.69, 9.17) is 4.74 Å². The molecule has 0 aromatic heterocycles. The van der Waals surface area contributed by atoms with Crippen LogP contribution in [-0.2, 0) is 11.8 Å². The van der Waals surface area contributed by atoms with Crippen molar-refractivity contribution >= 4 is 0 Å². The van der Waals surface area contributed by atoms with Crippen molar-refractivity contribution in [3.05, 3.63) is 29.3 Å². The highest BCUT2D eigenvalue weighted by atomic mass is 16.5. The van der Waals surface area contributed by atoms with Gasteiger partial charge in [0.2, 0.25) is 0 Å². The Morgan fingerprint density at radius 1 is 1.19 bits per heavy atom. The number of benzene rings is 1. The average molecular weight is 217 g/mol. The number of piperidine rings is 1. The molecular weight excluding hydrogens is 198 g/mol. The molecule has 1 heterocycles. The molecular formula is C14H19NO. The summed E-state index contributed by atoms with van der Waals surface area (Å²) < 4.78 is 5.56. The van der Waals surface area contributed by atoms with E-state index in [0.29, 0.717) is 5.41 Å². The summed E-state index contributed by atoms with van der Waals surface area (Å²) in [6, 6.07) is 6.51. The topological polar surface area (TPSA) is 21.3 Å². The molecule has 2 heteroatoms. The molecule has 3 rings (SSSR count). The van der Waals surface area contributed by atoms with Crippen LogP contribution in [0.1, 0.15) is 30.4 Å². The van der Waals surface area contributed by atoms with Gasteiger partial charge in [0.05, 0.1) is 7.11 Å². The fourth-order valence-electron chi connectivity index (χ4n) is 3.46. The Hall–Kier alpha value is -1.02. The molecule has 0 unspecified atom stereocenters. The molecule has 2 nitrogen and oxygen atoms in total. The first-order valence-electron chi connectivity index (χ1n) is 6.23. The van der Waals surface area contributed by atoms with Gasteiger partial charge >= 0.3 is 0 Å². The van der Waals surface area contributed by atoms with Crippen LogP contribution in [0.2, 0.25) is 0 Å². The standard InChI is InChI=1S/C14H19NO/c1-16-12-4-2-3-11-5-6-14(13(11)12)7-9-15-10-8-14/h2-4,15H,5-10H2,1H3. The zero-order valence-corrected chi connectivity index (χ0v) is 9.88. The summed E-state index contributed by atoms with van der Waals surface area (Å²) in [7, 11) is 1.79. The number of hydrogen-bond donors (Lipinski definition) is 1. The van der Waals surface area contributed by atoms with Crippen LogP contribution < -0.4 is 10.1 Å². The van der Waals surface area contributed by atoms with Gasteiger partial charge in [0.1, 0.15) is 5.75 Å². The second kappa shape index (κ2) is 3.77. The van der Waals surface area contributed by atoms with Gasteiger partial charge in [-0.3, -0.25) is 0 Å². The minimum Gasteiger partial charge on any atom is -0.496 e. The van der Waals surface area contributed by atoms with Crippen LogP contribution in [0.3, 0.4) is 0 Å². The highest BCUT2D eigenvalue weighted by Gasteiger charge is 2.41. The summed E-state index contributed by atoms with van der Waals surface area (Å²) in [5.41, 5.74) is 3.44. The van der Waals surface area contributed by atoms with Crippen LogP contribution in [0.15, 0.2) is 18.2 Å². The SMILES string of the molecule is COc1cccc2c1C1(CCNCC1)CC2. The van der Waals surface area contributed by atoms with Gasteiger partial charge in [0.25, 0.3) is 0 Å². The summed E-state index contributed by atoms with van der Waals surface area (Å²) in [6.07, 6.45) is 5.07. The Bertz CT molecular complexity index is 388. The molecule has 0 bridgehead atoms. The van der Waals surface area contributed by atoms with Gasteiger partial charge in [0.15, 0.2) is 0 Å². The van der Waals surface area contributed by atoms with Gasteiger partial charge in [-0.25, -0.2) is 0 Å². The molecule has 0 atom stereocenters. The molecule has 86 valence electrons. The van der Waals surface area contributed by atoms with E-state index in [1.807, 2.05) is 0 Å². The van der Waals surface area contributed by atoms with E-state index in [1.165, 1.54) is 36.8 Å². The van der Waals surface area contributed by atoms with Gasteiger partial charge in [-0.15, -0.1) is 0 Å². The van der Waals surface area contributed by atoms with E-state index in [9.17, 15) is 0 Å². The number of ether oxygens (including phenoxy) is 1. The van der Waals surface area contributed by atoms with Gasteiger partial charge < -0.3 is 10.1 Å². The molecule has 1 aromatic carbocycles.